The SMILES string of the molecule is CCN(CC)CCNCc1cc(OC)c(OCc2ccc(F)cc2)cc1Br. The molecule has 0 heterocycles. The molecule has 4 nitrogen and oxygen atoms in total. The zero-order valence-electron chi connectivity index (χ0n) is 16.2. The van der Waals surface area contributed by atoms with Crippen molar-refractivity contribution in [3.8, 4) is 11.5 Å². The van der Waals surface area contributed by atoms with Crippen molar-refractivity contribution in [1.82, 2.24) is 10.2 Å². The van der Waals surface area contributed by atoms with Gasteiger partial charge in [-0.15, -0.1) is 0 Å². The van der Waals surface area contributed by atoms with E-state index in [1.54, 1.807) is 19.2 Å². The molecule has 0 spiro atoms. The van der Waals surface area contributed by atoms with Crippen molar-refractivity contribution in [2.45, 2.75) is 27.0 Å². The standard InChI is InChI=1S/C21H28BrFN2O2/c1-4-25(5-2)11-10-24-14-17-12-20(26-3)21(13-19(17)22)27-15-16-6-8-18(23)9-7-16/h6-9,12-13,24H,4-5,10-11,14-15H2,1-3H3. The van der Waals surface area contributed by atoms with E-state index in [1.807, 2.05) is 12.1 Å². The van der Waals surface area contributed by atoms with Gasteiger partial charge in [0.2, 0.25) is 0 Å². The number of halogens is 2. The summed E-state index contributed by atoms with van der Waals surface area (Å²) in [6.45, 7) is 9.54. The fourth-order valence-electron chi connectivity index (χ4n) is 2.73. The maximum absolute atomic E-state index is 13.0. The molecule has 0 aliphatic carbocycles. The van der Waals surface area contributed by atoms with Crippen LogP contribution in [0, 0.1) is 5.82 Å². The van der Waals surface area contributed by atoms with Crippen molar-refractivity contribution in [1.29, 1.82) is 0 Å². The topological polar surface area (TPSA) is 33.7 Å². The molecular weight excluding hydrogens is 411 g/mol. The van der Waals surface area contributed by atoms with Gasteiger partial charge < -0.3 is 19.7 Å². The number of nitrogens with zero attached hydrogens (tertiary/aromatic N) is 1. The first-order chi connectivity index (χ1) is 13.1. The Morgan fingerprint density at radius 3 is 2.41 bits per heavy atom. The third-order valence-corrected chi connectivity index (χ3v) is 5.19. The highest BCUT2D eigenvalue weighted by atomic mass is 79.9. The second-order valence-corrected chi connectivity index (χ2v) is 7.07. The zero-order valence-corrected chi connectivity index (χ0v) is 17.8. The maximum Gasteiger partial charge on any atom is 0.162 e. The van der Waals surface area contributed by atoms with Crippen molar-refractivity contribution >= 4 is 15.9 Å². The predicted octanol–water partition coefficient (Wildman–Crippen LogP) is 4.61. The van der Waals surface area contributed by atoms with E-state index in [4.69, 9.17) is 9.47 Å². The molecule has 0 saturated heterocycles. The van der Waals surface area contributed by atoms with Crippen LogP contribution in [0.25, 0.3) is 0 Å². The molecule has 0 aliphatic heterocycles. The Morgan fingerprint density at radius 2 is 1.78 bits per heavy atom. The molecule has 0 fully saturated rings. The van der Waals surface area contributed by atoms with Crippen LogP contribution in [0.5, 0.6) is 11.5 Å². The highest BCUT2D eigenvalue weighted by Crippen LogP contribution is 2.34. The summed E-state index contributed by atoms with van der Waals surface area (Å²) in [4.78, 5) is 2.38. The molecule has 0 amide bonds. The third-order valence-electron chi connectivity index (χ3n) is 4.45. The third kappa shape index (κ3) is 6.79. The summed E-state index contributed by atoms with van der Waals surface area (Å²) < 4.78 is 25.3. The molecule has 27 heavy (non-hydrogen) atoms. The molecule has 0 radical (unpaired) electrons. The van der Waals surface area contributed by atoms with Crippen LogP contribution in [-0.4, -0.2) is 38.2 Å². The lowest BCUT2D eigenvalue weighted by molar-refractivity contribution is 0.284. The molecular formula is C21H28BrFN2O2. The number of rotatable bonds is 11. The first-order valence-electron chi connectivity index (χ1n) is 9.24. The minimum atomic E-state index is -0.253. The fourth-order valence-corrected chi connectivity index (χ4v) is 3.19. The van der Waals surface area contributed by atoms with Crippen LogP contribution < -0.4 is 14.8 Å². The average Bonchev–Trinajstić information content (AvgIpc) is 2.68. The van der Waals surface area contributed by atoms with E-state index in [-0.39, 0.29) is 5.82 Å². The second kappa shape index (κ2) is 11.3. The summed E-state index contributed by atoms with van der Waals surface area (Å²) in [7, 11) is 1.63. The van der Waals surface area contributed by atoms with Gasteiger partial charge in [0.1, 0.15) is 12.4 Å². The van der Waals surface area contributed by atoms with Crippen molar-refractivity contribution in [2.75, 3.05) is 33.3 Å². The molecule has 0 atom stereocenters. The number of nitrogens with one attached hydrogen (secondary N) is 1. The number of likely N-dealkylation sites (N-methyl/N-ethyl adjacent to an activating group) is 1. The summed E-state index contributed by atoms with van der Waals surface area (Å²) in [6.07, 6.45) is 0. The molecule has 0 aromatic heterocycles. The predicted molar refractivity (Wildman–Crippen MR) is 111 cm³/mol. The first-order valence-corrected chi connectivity index (χ1v) is 10.0. The number of hydrogen-bond acceptors (Lipinski definition) is 4. The quantitative estimate of drug-likeness (QED) is 0.519. The van der Waals surface area contributed by atoms with E-state index in [0.717, 1.165) is 48.3 Å². The van der Waals surface area contributed by atoms with Crippen LogP contribution >= 0.6 is 15.9 Å². The van der Waals surface area contributed by atoms with E-state index in [1.165, 1.54) is 12.1 Å². The van der Waals surface area contributed by atoms with Crippen LogP contribution in [0.4, 0.5) is 4.39 Å². The second-order valence-electron chi connectivity index (χ2n) is 6.21. The van der Waals surface area contributed by atoms with Crippen LogP contribution in [0.15, 0.2) is 40.9 Å². The van der Waals surface area contributed by atoms with Crippen molar-refractivity contribution in [3.05, 3.63) is 57.8 Å². The highest BCUT2D eigenvalue weighted by molar-refractivity contribution is 9.10. The lowest BCUT2D eigenvalue weighted by atomic mass is 10.2. The van der Waals surface area contributed by atoms with E-state index < -0.39 is 0 Å². The summed E-state index contributed by atoms with van der Waals surface area (Å²) >= 11 is 3.62. The average molecular weight is 439 g/mol. The molecule has 0 aliphatic rings. The number of hydrogen-bond donors (Lipinski definition) is 1. The molecule has 0 saturated carbocycles. The molecule has 0 unspecified atom stereocenters. The Balaban J connectivity index is 1.95. The van der Waals surface area contributed by atoms with Crippen LogP contribution in [-0.2, 0) is 13.2 Å². The highest BCUT2D eigenvalue weighted by Gasteiger charge is 2.11. The monoisotopic (exact) mass is 438 g/mol. The zero-order chi connectivity index (χ0) is 19.6. The van der Waals surface area contributed by atoms with Gasteiger partial charge in [0.25, 0.3) is 0 Å². The van der Waals surface area contributed by atoms with Crippen LogP contribution in [0.1, 0.15) is 25.0 Å². The smallest absolute Gasteiger partial charge is 0.162 e. The summed E-state index contributed by atoms with van der Waals surface area (Å²) in [5.74, 6) is 1.08. The Kier molecular flexibility index (Phi) is 9.04. The molecule has 1 N–H and O–H groups in total. The van der Waals surface area contributed by atoms with E-state index in [0.29, 0.717) is 18.1 Å². The summed E-state index contributed by atoms with van der Waals surface area (Å²) in [6, 6.07) is 10.2. The van der Waals surface area contributed by atoms with Crippen molar-refractivity contribution in [3.63, 3.8) is 0 Å². The van der Waals surface area contributed by atoms with Crippen molar-refractivity contribution < 1.29 is 13.9 Å². The molecule has 6 heteroatoms. The van der Waals surface area contributed by atoms with Gasteiger partial charge in [-0.25, -0.2) is 4.39 Å². The number of benzene rings is 2. The summed E-state index contributed by atoms with van der Waals surface area (Å²) in [5.41, 5.74) is 2.01. The van der Waals surface area contributed by atoms with Gasteiger partial charge in [-0.1, -0.05) is 41.9 Å². The molecule has 2 aromatic rings. The minimum absolute atomic E-state index is 0.253. The van der Waals surface area contributed by atoms with Gasteiger partial charge in [0.05, 0.1) is 7.11 Å². The lowest BCUT2D eigenvalue weighted by Crippen LogP contribution is -2.31. The molecule has 0 bridgehead atoms. The van der Waals surface area contributed by atoms with Crippen molar-refractivity contribution in [2.24, 2.45) is 0 Å². The Morgan fingerprint density at radius 1 is 1.07 bits per heavy atom. The van der Waals surface area contributed by atoms with Gasteiger partial charge in [-0.2, -0.15) is 0 Å². The largest absolute Gasteiger partial charge is 0.493 e. The van der Waals surface area contributed by atoms with E-state index >= 15 is 0 Å². The van der Waals surface area contributed by atoms with Gasteiger partial charge in [0.15, 0.2) is 11.5 Å². The fraction of sp³-hybridized carbons (Fsp3) is 0.429. The van der Waals surface area contributed by atoms with E-state index in [2.05, 4.69) is 40.0 Å². The number of methoxy groups -OCH3 is 1. The molecule has 148 valence electrons. The molecule has 2 aromatic carbocycles. The van der Waals surface area contributed by atoms with Gasteiger partial charge in [-0.3, -0.25) is 0 Å². The van der Waals surface area contributed by atoms with Crippen LogP contribution in [0.2, 0.25) is 0 Å². The maximum atomic E-state index is 13.0. The van der Waals surface area contributed by atoms with Gasteiger partial charge >= 0.3 is 0 Å². The Labute approximate surface area is 169 Å². The first kappa shape index (κ1) is 21.7. The van der Waals surface area contributed by atoms with Gasteiger partial charge in [0, 0.05) is 24.1 Å². The summed E-state index contributed by atoms with van der Waals surface area (Å²) in [5, 5.41) is 3.47. The van der Waals surface area contributed by atoms with Gasteiger partial charge in [-0.05, 0) is 48.5 Å². The van der Waals surface area contributed by atoms with Crippen LogP contribution in [0.3, 0.4) is 0 Å². The Hall–Kier alpha value is -1.63. The lowest BCUT2D eigenvalue weighted by Gasteiger charge is -2.18. The number of ether oxygens (including phenoxy) is 2. The Bertz CT molecular complexity index is 706. The van der Waals surface area contributed by atoms with E-state index in [9.17, 15) is 4.39 Å². The molecule has 2 rings (SSSR count). The minimum Gasteiger partial charge on any atom is -0.493 e. The normalized spacial score (nSPS) is 11.0.